The number of rotatable bonds is 8. The minimum absolute atomic E-state index is 0. The van der Waals surface area contributed by atoms with Crippen molar-refractivity contribution in [3.05, 3.63) is 28.9 Å². The van der Waals surface area contributed by atoms with Crippen molar-refractivity contribution in [1.82, 2.24) is 19.7 Å². The topological polar surface area (TPSA) is 82.0 Å². The number of fused-ring (bicyclic) bond motifs is 1. The Morgan fingerprint density at radius 1 is 1.27 bits per heavy atom. The average Bonchev–Trinajstić information content (AvgIpc) is 3.41. The monoisotopic (exact) mass is 515 g/mol. The zero-order valence-electron chi connectivity index (χ0n) is 18.7. The number of amides is 1. The molecule has 1 saturated heterocycles. The third kappa shape index (κ3) is 5.52. The van der Waals surface area contributed by atoms with E-state index in [9.17, 15) is 4.79 Å². The van der Waals surface area contributed by atoms with Crippen LogP contribution >= 0.6 is 35.3 Å². The summed E-state index contributed by atoms with van der Waals surface area (Å²) >= 11 is 7.79. The van der Waals surface area contributed by atoms with Gasteiger partial charge < -0.3 is 14.2 Å². The van der Waals surface area contributed by atoms with E-state index in [2.05, 4.69) is 10.00 Å². The molecule has 1 aliphatic heterocycles. The lowest BCUT2D eigenvalue weighted by Gasteiger charge is -2.27. The number of hydrogen-bond donors (Lipinski definition) is 0. The van der Waals surface area contributed by atoms with Crippen molar-refractivity contribution in [3.8, 4) is 11.6 Å². The van der Waals surface area contributed by atoms with Gasteiger partial charge in [-0.25, -0.2) is 4.98 Å². The van der Waals surface area contributed by atoms with Gasteiger partial charge in [0.2, 0.25) is 5.88 Å². The first-order valence-corrected chi connectivity index (χ1v) is 11.5. The van der Waals surface area contributed by atoms with Gasteiger partial charge in [0.25, 0.3) is 5.91 Å². The van der Waals surface area contributed by atoms with Crippen molar-refractivity contribution in [3.63, 3.8) is 0 Å². The van der Waals surface area contributed by atoms with Crippen LogP contribution in [0, 0.1) is 0 Å². The molecule has 3 aromatic rings. The van der Waals surface area contributed by atoms with Crippen LogP contribution in [0.5, 0.6) is 11.6 Å². The maximum Gasteiger partial charge on any atom is 0.267 e. The van der Waals surface area contributed by atoms with E-state index in [-0.39, 0.29) is 24.2 Å². The van der Waals surface area contributed by atoms with Crippen molar-refractivity contribution >= 4 is 56.6 Å². The highest BCUT2D eigenvalue weighted by Gasteiger charge is 2.27. The van der Waals surface area contributed by atoms with Crippen LogP contribution < -0.4 is 14.4 Å². The molecule has 0 atom stereocenters. The van der Waals surface area contributed by atoms with E-state index in [1.807, 2.05) is 0 Å². The first-order chi connectivity index (χ1) is 15.5. The second kappa shape index (κ2) is 11.3. The molecular formula is C21H27Cl2N5O4S. The lowest BCUT2D eigenvalue weighted by Crippen LogP contribution is -2.39. The highest BCUT2D eigenvalue weighted by molar-refractivity contribution is 7.23. The van der Waals surface area contributed by atoms with Gasteiger partial charge in [-0.15, -0.1) is 17.5 Å². The van der Waals surface area contributed by atoms with Crippen molar-refractivity contribution in [2.75, 3.05) is 58.5 Å². The first-order valence-electron chi connectivity index (χ1n) is 10.3. The molecule has 33 heavy (non-hydrogen) atoms. The van der Waals surface area contributed by atoms with E-state index in [0.29, 0.717) is 33.5 Å². The summed E-state index contributed by atoms with van der Waals surface area (Å²) < 4.78 is 18.6. The first kappa shape index (κ1) is 25.5. The van der Waals surface area contributed by atoms with Crippen LogP contribution in [0.15, 0.2) is 18.3 Å². The van der Waals surface area contributed by atoms with E-state index < -0.39 is 0 Å². The van der Waals surface area contributed by atoms with Crippen molar-refractivity contribution in [2.45, 2.75) is 6.42 Å². The van der Waals surface area contributed by atoms with Gasteiger partial charge in [-0.1, -0.05) is 22.9 Å². The third-order valence-electron chi connectivity index (χ3n) is 5.32. The Bertz CT molecular complexity index is 1100. The SMILES string of the molecule is COc1nn(C)cc1C(=O)N(CCCN1CCOCC1)c1nc2c(OC)ccc(Cl)c2s1.Cl. The molecule has 1 amide bonds. The van der Waals surface area contributed by atoms with Gasteiger partial charge >= 0.3 is 0 Å². The zero-order valence-corrected chi connectivity index (χ0v) is 21.1. The van der Waals surface area contributed by atoms with E-state index in [1.165, 1.54) is 18.4 Å². The number of hydrogen-bond acceptors (Lipinski definition) is 8. The molecule has 0 bridgehead atoms. The quantitative estimate of drug-likeness (QED) is 0.454. The highest BCUT2D eigenvalue weighted by Crippen LogP contribution is 2.39. The van der Waals surface area contributed by atoms with Crippen LogP contribution in [0.2, 0.25) is 5.02 Å². The molecule has 0 aliphatic carbocycles. The smallest absolute Gasteiger partial charge is 0.267 e. The molecule has 2 aromatic heterocycles. The van der Waals surface area contributed by atoms with Crippen molar-refractivity contribution < 1.29 is 19.0 Å². The molecule has 12 heteroatoms. The molecule has 0 N–H and O–H groups in total. The van der Waals surface area contributed by atoms with Crippen LogP contribution in [0.25, 0.3) is 10.2 Å². The van der Waals surface area contributed by atoms with Gasteiger partial charge in [-0.05, 0) is 18.6 Å². The summed E-state index contributed by atoms with van der Waals surface area (Å²) in [5, 5.41) is 5.36. The maximum absolute atomic E-state index is 13.6. The Kier molecular flexibility index (Phi) is 8.77. The number of benzene rings is 1. The molecule has 9 nitrogen and oxygen atoms in total. The standard InChI is InChI=1S/C21H26ClN5O4S.ClH/c1-25-13-14(19(24-25)30-3)20(28)27(8-4-7-26-9-11-31-12-10-26)21-23-17-16(29-2)6-5-15(22)18(17)32-21;/h5-6,13H,4,7-12H2,1-3H3;1H. The summed E-state index contributed by atoms with van der Waals surface area (Å²) in [6, 6.07) is 3.56. The Hall–Kier alpha value is -2.11. The summed E-state index contributed by atoms with van der Waals surface area (Å²) in [5.41, 5.74) is 1.03. The van der Waals surface area contributed by atoms with Gasteiger partial charge in [0.1, 0.15) is 16.8 Å². The number of aryl methyl sites for hydroxylation is 1. The lowest BCUT2D eigenvalue weighted by atomic mass is 10.2. The van der Waals surface area contributed by atoms with E-state index in [0.717, 1.165) is 44.0 Å². The number of anilines is 1. The molecule has 0 radical (unpaired) electrons. The number of ether oxygens (including phenoxy) is 3. The predicted molar refractivity (Wildman–Crippen MR) is 132 cm³/mol. The van der Waals surface area contributed by atoms with Crippen LogP contribution in [0.1, 0.15) is 16.8 Å². The minimum atomic E-state index is -0.217. The number of methoxy groups -OCH3 is 2. The molecule has 0 saturated carbocycles. The van der Waals surface area contributed by atoms with E-state index in [1.54, 1.807) is 42.1 Å². The number of morpholine rings is 1. The lowest BCUT2D eigenvalue weighted by molar-refractivity contribution is 0.0376. The van der Waals surface area contributed by atoms with Crippen molar-refractivity contribution in [1.29, 1.82) is 0 Å². The molecular weight excluding hydrogens is 489 g/mol. The maximum atomic E-state index is 13.6. The van der Waals surface area contributed by atoms with Crippen LogP contribution in [-0.4, -0.2) is 79.2 Å². The van der Waals surface area contributed by atoms with Gasteiger partial charge in [0.05, 0.1) is 37.2 Å². The molecule has 1 aliphatic rings. The molecule has 1 aromatic carbocycles. The molecule has 3 heterocycles. The second-order valence-electron chi connectivity index (χ2n) is 7.41. The summed E-state index contributed by atoms with van der Waals surface area (Å²) in [6.07, 6.45) is 2.45. The van der Waals surface area contributed by atoms with Crippen molar-refractivity contribution in [2.24, 2.45) is 7.05 Å². The number of thiazole rings is 1. The Balaban J connectivity index is 0.00000306. The number of halogens is 2. The third-order valence-corrected chi connectivity index (χ3v) is 6.86. The summed E-state index contributed by atoms with van der Waals surface area (Å²) in [5.74, 6) is 0.685. The van der Waals surface area contributed by atoms with Gasteiger partial charge in [-0.3, -0.25) is 19.3 Å². The number of carbonyl (C=O) groups is 1. The Morgan fingerprint density at radius 2 is 2.03 bits per heavy atom. The van der Waals surface area contributed by atoms with Crippen LogP contribution in [0.4, 0.5) is 5.13 Å². The summed E-state index contributed by atoms with van der Waals surface area (Å²) in [7, 11) is 4.85. The minimum Gasteiger partial charge on any atom is -0.494 e. The summed E-state index contributed by atoms with van der Waals surface area (Å²) in [4.78, 5) is 22.4. The number of nitrogens with zero attached hydrogens (tertiary/aromatic N) is 5. The summed E-state index contributed by atoms with van der Waals surface area (Å²) in [6.45, 7) is 4.65. The Labute approximate surface area is 207 Å². The number of aromatic nitrogens is 3. The fourth-order valence-corrected chi connectivity index (χ4v) is 4.97. The van der Waals surface area contributed by atoms with Crippen LogP contribution in [0.3, 0.4) is 0 Å². The Morgan fingerprint density at radius 3 is 2.73 bits per heavy atom. The fourth-order valence-electron chi connectivity index (χ4n) is 3.69. The molecule has 0 spiro atoms. The number of carbonyl (C=O) groups excluding carboxylic acids is 1. The molecule has 1 fully saturated rings. The van der Waals surface area contributed by atoms with Gasteiger partial charge in [0.15, 0.2) is 5.13 Å². The fraction of sp³-hybridized carbons (Fsp3) is 0.476. The zero-order chi connectivity index (χ0) is 22.7. The molecule has 0 unspecified atom stereocenters. The van der Waals surface area contributed by atoms with E-state index >= 15 is 0 Å². The molecule has 180 valence electrons. The average molecular weight is 516 g/mol. The normalized spacial score (nSPS) is 14.2. The van der Waals surface area contributed by atoms with Crippen LogP contribution in [-0.2, 0) is 11.8 Å². The largest absolute Gasteiger partial charge is 0.494 e. The molecule has 4 rings (SSSR count). The second-order valence-corrected chi connectivity index (χ2v) is 8.80. The van der Waals surface area contributed by atoms with Gasteiger partial charge in [0, 0.05) is 39.4 Å². The predicted octanol–water partition coefficient (Wildman–Crippen LogP) is 3.49. The van der Waals surface area contributed by atoms with Gasteiger partial charge in [-0.2, -0.15) is 0 Å². The highest BCUT2D eigenvalue weighted by atomic mass is 35.5. The van der Waals surface area contributed by atoms with E-state index in [4.69, 9.17) is 30.8 Å².